The summed E-state index contributed by atoms with van der Waals surface area (Å²) in [7, 11) is 0. The largest absolute Gasteiger partial charge is 0.350 e. The second kappa shape index (κ2) is 6.62. The van der Waals surface area contributed by atoms with Crippen LogP contribution in [0.25, 0.3) is 10.9 Å². The standard InChI is InChI=1S/C16H18N4O3/c21-14-9-13(19-12-4-2-1-3-11(12)14)16(23)18-10-15(22)20-7-5-17-6-8-20/h1-4,9,17H,5-8,10H2,(H,18,23)(H,19,21). The van der Waals surface area contributed by atoms with Gasteiger partial charge in [-0.15, -0.1) is 0 Å². The Kier molecular flexibility index (Phi) is 4.38. The van der Waals surface area contributed by atoms with Gasteiger partial charge in [0.25, 0.3) is 5.91 Å². The number of H-pyrrole nitrogens is 1. The molecule has 0 radical (unpaired) electrons. The van der Waals surface area contributed by atoms with E-state index in [-0.39, 0.29) is 23.6 Å². The number of aromatic amines is 1. The Morgan fingerprint density at radius 2 is 1.91 bits per heavy atom. The van der Waals surface area contributed by atoms with Crippen LogP contribution in [-0.2, 0) is 4.79 Å². The van der Waals surface area contributed by atoms with Crippen molar-refractivity contribution in [2.45, 2.75) is 0 Å². The van der Waals surface area contributed by atoms with Gasteiger partial charge in [0.1, 0.15) is 5.69 Å². The number of nitrogens with zero attached hydrogens (tertiary/aromatic N) is 1. The van der Waals surface area contributed by atoms with Gasteiger partial charge in [-0.25, -0.2) is 0 Å². The third-order valence-corrected chi connectivity index (χ3v) is 3.85. The van der Waals surface area contributed by atoms with Crippen molar-refractivity contribution in [2.24, 2.45) is 0 Å². The number of carbonyl (C=O) groups is 2. The predicted molar refractivity (Wildman–Crippen MR) is 86.4 cm³/mol. The van der Waals surface area contributed by atoms with Gasteiger partial charge in [-0.05, 0) is 12.1 Å². The molecule has 0 saturated carbocycles. The summed E-state index contributed by atoms with van der Waals surface area (Å²) in [5.74, 6) is -0.584. The van der Waals surface area contributed by atoms with Crippen molar-refractivity contribution in [3.8, 4) is 0 Å². The smallest absolute Gasteiger partial charge is 0.268 e. The van der Waals surface area contributed by atoms with E-state index in [9.17, 15) is 14.4 Å². The number of benzene rings is 1. The van der Waals surface area contributed by atoms with Crippen molar-refractivity contribution in [1.29, 1.82) is 0 Å². The number of carbonyl (C=O) groups excluding carboxylic acids is 2. The molecule has 7 nitrogen and oxygen atoms in total. The maximum absolute atomic E-state index is 12.2. The number of hydrogen-bond donors (Lipinski definition) is 3. The summed E-state index contributed by atoms with van der Waals surface area (Å²) in [6, 6.07) is 8.24. The average molecular weight is 314 g/mol. The second-order valence-corrected chi connectivity index (χ2v) is 5.41. The van der Waals surface area contributed by atoms with Gasteiger partial charge in [-0.3, -0.25) is 14.4 Å². The minimum absolute atomic E-state index is 0.0757. The topological polar surface area (TPSA) is 94.3 Å². The van der Waals surface area contributed by atoms with Gasteiger partial charge in [0.15, 0.2) is 5.43 Å². The first kappa shape index (κ1) is 15.2. The van der Waals surface area contributed by atoms with E-state index < -0.39 is 5.91 Å². The Balaban J connectivity index is 1.68. The fourth-order valence-corrected chi connectivity index (χ4v) is 2.60. The normalized spacial score (nSPS) is 14.7. The summed E-state index contributed by atoms with van der Waals surface area (Å²) in [5.41, 5.74) is 0.526. The first-order valence-corrected chi connectivity index (χ1v) is 7.54. The SMILES string of the molecule is O=C(NCC(=O)N1CCNCC1)c1cc(=O)c2ccccc2[nH]1. The highest BCUT2D eigenvalue weighted by atomic mass is 16.2. The van der Waals surface area contributed by atoms with Crippen LogP contribution in [0.1, 0.15) is 10.5 Å². The molecule has 3 rings (SSSR count). The predicted octanol–water partition coefficient (Wildman–Crippen LogP) is -0.310. The number of fused-ring (bicyclic) bond motifs is 1. The summed E-state index contributed by atoms with van der Waals surface area (Å²) in [4.78, 5) is 40.8. The highest BCUT2D eigenvalue weighted by molar-refractivity contribution is 5.96. The lowest BCUT2D eigenvalue weighted by Crippen LogP contribution is -2.49. The number of aromatic nitrogens is 1. The van der Waals surface area contributed by atoms with Crippen LogP contribution >= 0.6 is 0 Å². The molecule has 1 fully saturated rings. The number of pyridine rings is 1. The fourth-order valence-electron chi connectivity index (χ4n) is 2.60. The van der Waals surface area contributed by atoms with Crippen LogP contribution in [0.5, 0.6) is 0 Å². The molecular formula is C16H18N4O3. The van der Waals surface area contributed by atoms with E-state index in [0.717, 1.165) is 13.1 Å². The lowest BCUT2D eigenvalue weighted by atomic mass is 10.2. The van der Waals surface area contributed by atoms with Crippen LogP contribution in [0.15, 0.2) is 35.1 Å². The minimum Gasteiger partial charge on any atom is -0.350 e. The van der Waals surface area contributed by atoms with Gasteiger partial charge in [0.05, 0.1) is 6.54 Å². The van der Waals surface area contributed by atoms with Gasteiger partial charge >= 0.3 is 0 Å². The van der Waals surface area contributed by atoms with Crippen molar-refractivity contribution in [1.82, 2.24) is 20.5 Å². The average Bonchev–Trinajstić information content (AvgIpc) is 2.60. The quantitative estimate of drug-likeness (QED) is 0.724. The first-order valence-electron chi connectivity index (χ1n) is 7.54. The molecule has 1 aliphatic rings. The van der Waals surface area contributed by atoms with Crippen LogP contribution in [0.2, 0.25) is 0 Å². The van der Waals surface area contributed by atoms with Crippen molar-refractivity contribution < 1.29 is 9.59 Å². The van der Waals surface area contributed by atoms with Crippen molar-refractivity contribution >= 4 is 22.7 Å². The number of piperazine rings is 1. The number of para-hydroxylation sites is 1. The summed E-state index contributed by atoms with van der Waals surface area (Å²) < 4.78 is 0. The molecule has 7 heteroatoms. The van der Waals surface area contributed by atoms with Crippen LogP contribution in [0.3, 0.4) is 0 Å². The zero-order valence-electron chi connectivity index (χ0n) is 12.6. The van der Waals surface area contributed by atoms with Gasteiger partial charge in [-0.1, -0.05) is 12.1 Å². The van der Waals surface area contributed by atoms with Crippen molar-refractivity contribution in [3.63, 3.8) is 0 Å². The fraction of sp³-hybridized carbons (Fsp3) is 0.312. The number of amides is 2. The van der Waals surface area contributed by atoms with Crippen molar-refractivity contribution in [2.75, 3.05) is 32.7 Å². The third kappa shape index (κ3) is 3.40. The lowest BCUT2D eigenvalue weighted by molar-refractivity contribution is -0.130. The number of hydrogen-bond acceptors (Lipinski definition) is 4. The van der Waals surface area contributed by atoms with E-state index in [0.29, 0.717) is 24.0 Å². The van der Waals surface area contributed by atoms with Gasteiger partial charge in [0, 0.05) is 43.1 Å². The maximum atomic E-state index is 12.2. The Bertz CT molecular complexity index is 793. The van der Waals surface area contributed by atoms with E-state index in [1.165, 1.54) is 6.07 Å². The summed E-state index contributed by atoms with van der Waals surface area (Å²) in [6.45, 7) is 2.73. The second-order valence-electron chi connectivity index (χ2n) is 5.41. The molecule has 120 valence electrons. The zero-order valence-corrected chi connectivity index (χ0v) is 12.6. The van der Waals surface area contributed by atoms with E-state index in [2.05, 4.69) is 15.6 Å². The Hall–Kier alpha value is -2.67. The lowest BCUT2D eigenvalue weighted by Gasteiger charge is -2.27. The molecule has 1 aliphatic heterocycles. The highest BCUT2D eigenvalue weighted by Gasteiger charge is 2.17. The molecule has 2 heterocycles. The third-order valence-electron chi connectivity index (χ3n) is 3.85. The Morgan fingerprint density at radius 1 is 1.17 bits per heavy atom. The molecule has 0 aliphatic carbocycles. The van der Waals surface area contributed by atoms with E-state index in [4.69, 9.17) is 0 Å². The molecule has 23 heavy (non-hydrogen) atoms. The molecule has 2 amide bonds. The molecule has 0 atom stereocenters. The van der Waals surface area contributed by atoms with Crippen molar-refractivity contribution in [3.05, 3.63) is 46.2 Å². The van der Waals surface area contributed by atoms with E-state index >= 15 is 0 Å². The monoisotopic (exact) mass is 314 g/mol. The molecular weight excluding hydrogens is 296 g/mol. The van der Waals surface area contributed by atoms with Gasteiger partial charge in [0.2, 0.25) is 5.91 Å². The number of rotatable bonds is 3. The molecule has 3 N–H and O–H groups in total. The molecule has 0 spiro atoms. The molecule has 1 saturated heterocycles. The Labute approximate surface area is 132 Å². The molecule has 1 aromatic carbocycles. The maximum Gasteiger partial charge on any atom is 0.268 e. The highest BCUT2D eigenvalue weighted by Crippen LogP contribution is 2.07. The van der Waals surface area contributed by atoms with E-state index in [1.54, 1.807) is 29.2 Å². The first-order chi connectivity index (χ1) is 11.1. The van der Waals surface area contributed by atoms with Crippen LogP contribution in [0.4, 0.5) is 0 Å². The van der Waals surface area contributed by atoms with E-state index in [1.807, 2.05) is 0 Å². The van der Waals surface area contributed by atoms with Gasteiger partial charge in [-0.2, -0.15) is 0 Å². The molecule has 0 unspecified atom stereocenters. The number of nitrogens with one attached hydrogen (secondary N) is 3. The molecule has 2 aromatic rings. The summed E-state index contributed by atoms with van der Waals surface area (Å²) in [5, 5.41) is 6.26. The summed E-state index contributed by atoms with van der Waals surface area (Å²) in [6.07, 6.45) is 0. The van der Waals surface area contributed by atoms with Crippen LogP contribution in [-0.4, -0.2) is 54.4 Å². The van der Waals surface area contributed by atoms with Gasteiger partial charge < -0.3 is 20.5 Å². The minimum atomic E-state index is -0.462. The molecule has 1 aromatic heterocycles. The van der Waals surface area contributed by atoms with Crippen LogP contribution in [0, 0.1) is 0 Å². The van der Waals surface area contributed by atoms with Crippen LogP contribution < -0.4 is 16.1 Å². The zero-order chi connectivity index (χ0) is 16.2. The Morgan fingerprint density at radius 3 is 2.70 bits per heavy atom. The molecule has 0 bridgehead atoms. The summed E-state index contributed by atoms with van der Waals surface area (Å²) >= 11 is 0.